The Hall–Kier alpha value is -2.21. The molecule has 2 heterocycles. The Morgan fingerprint density at radius 2 is 2.19 bits per heavy atom. The maximum Gasteiger partial charge on any atom is 0.252 e. The van der Waals surface area contributed by atoms with Gasteiger partial charge in [0, 0.05) is 31.1 Å². The van der Waals surface area contributed by atoms with Crippen LogP contribution >= 0.6 is 0 Å². The molecule has 1 aliphatic rings. The summed E-state index contributed by atoms with van der Waals surface area (Å²) < 4.78 is 13.4. The number of hydrogen-bond donors (Lipinski definition) is 2. The van der Waals surface area contributed by atoms with E-state index in [2.05, 4.69) is 29.0 Å². The van der Waals surface area contributed by atoms with Crippen LogP contribution in [0.3, 0.4) is 0 Å². The summed E-state index contributed by atoms with van der Waals surface area (Å²) in [5.74, 6) is 0.315. The summed E-state index contributed by atoms with van der Waals surface area (Å²) in [6.45, 7) is 8.20. The van der Waals surface area contributed by atoms with Crippen molar-refractivity contribution in [2.45, 2.75) is 26.7 Å². The maximum absolute atomic E-state index is 13.4. The van der Waals surface area contributed by atoms with E-state index < -0.39 is 11.4 Å². The zero-order valence-electron chi connectivity index (χ0n) is 15.3. The summed E-state index contributed by atoms with van der Waals surface area (Å²) >= 11 is 0. The van der Waals surface area contributed by atoms with Crippen molar-refractivity contribution in [2.75, 3.05) is 26.2 Å². The van der Waals surface area contributed by atoms with Gasteiger partial charge in [0.25, 0.3) is 5.91 Å². The highest BCUT2D eigenvalue weighted by atomic mass is 19.1. The number of aromatic amines is 1. The summed E-state index contributed by atoms with van der Waals surface area (Å²) in [4.78, 5) is 29.5. The van der Waals surface area contributed by atoms with Crippen LogP contribution in [0.2, 0.25) is 0 Å². The Morgan fingerprint density at radius 1 is 1.38 bits per heavy atom. The van der Waals surface area contributed by atoms with Crippen molar-refractivity contribution >= 4 is 16.8 Å². The van der Waals surface area contributed by atoms with Gasteiger partial charge in [-0.1, -0.05) is 13.8 Å². The van der Waals surface area contributed by atoms with Gasteiger partial charge in [0.1, 0.15) is 5.82 Å². The Kier molecular flexibility index (Phi) is 5.71. The van der Waals surface area contributed by atoms with Crippen LogP contribution < -0.4 is 10.9 Å². The second-order valence-corrected chi connectivity index (χ2v) is 7.61. The molecule has 1 aliphatic heterocycles. The topological polar surface area (TPSA) is 65.2 Å². The number of nitrogens with zero attached hydrogens (tertiary/aromatic N) is 1. The molecule has 1 saturated heterocycles. The Morgan fingerprint density at radius 3 is 2.96 bits per heavy atom. The summed E-state index contributed by atoms with van der Waals surface area (Å²) in [5.41, 5.74) is 0.219. The van der Waals surface area contributed by atoms with Gasteiger partial charge in [-0.05, 0) is 49.4 Å². The lowest BCUT2D eigenvalue weighted by Crippen LogP contribution is -2.42. The van der Waals surface area contributed by atoms with E-state index in [0.717, 1.165) is 32.5 Å². The van der Waals surface area contributed by atoms with Gasteiger partial charge >= 0.3 is 0 Å². The van der Waals surface area contributed by atoms with Gasteiger partial charge < -0.3 is 15.2 Å². The Balaban J connectivity index is 1.69. The lowest BCUT2D eigenvalue weighted by atomic mass is 9.97. The number of piperidine rings is 1. The third-order valence-corrected chi connectivity index (χ3v) is 4.83. The number of hydrogen-bond acceptors (Lipinski definition) is 3. The SMILES string of the molecule is CC(C)CN1CCCC(CNC(=O)c2cc(=O)[nH]c3cc(F)ccc23)C1. The van der Waals surface area contributed by atoms with Crippen LogP contribution in [-0.4, -0.2) is 42.0 Å². The van der Waals surface area contributed by atoms with E-state index in [1.165, 1.54) is 24.3 Å². The van der Waals surface area contributed by atoms with Crippen molar-refractivity contribution in [3.63, 3.8) is 0 Å². The quantitative estimate of drug-likeness (QED) is 0.863. The number of carbonyl (C=O) groups is 1. The average Bonchev–Trinajstić information content (AvgIpc) is 2.58. The minimum absolute atomic E-state index is 0.284. The van der Waals surface area contributed by atoms with Crippen LogP contribution in [0.5, 0.6) is 0 Å². The number of likely N-dealkylation sites (tertiary alicyclic amines) is 1. The average molecular weight is 359 g/mol. The monoisotopic (exact) mass is 359 g/mol. The van der Waals surface area contributed by atoms with Crippen LogP contribution in [0.15, 0.2) is 29.1 Å². The second kappa shape index (κ2) is 7.99. The number of nitrogens with one attached hydrogen (secondary N) is 2. The van der Waals surface area contributed by atoms with E-state index in [0.29, 0.717) is 34.8 Å². The van der Waals surface area contributed by atoms with E-state index in [-0.39, 0.29) is 5.91 Å². The van der Waals surface area contributed by atoms with Gasteiger partial charge in [-0.25, -0.2) is 4.39 Å². The highest BCUT2D eigenvalue weighted by molar-refractivity contribution is 6.05. The highest BCUT2D eigenvalue weighted by Gasteiger charge is 2.21. The normalized spacial score (nSPS) is 18.4. The number of H-pyrrole nitrogens is 1. The third-order valence-electron chi connectivity index (χ3n) is 4.83. The summed E-state index contributed by atoms with van der Waals surface area (Å²) in [6, 6.07) is 5.34. The van der Waals surface area contributed by atoms with Crippen LogP contribution in [0.4, 0.5) is 4.39 Å². The minimum atomic E-state index is -0.446. The van der Waals surface area contributed by atoms with E-state index in [1.54, 1.807) is 0 Å². The number of aromatic nitrogens is 1. The van der Waals surface area contributed by atoms with Gasteiger partial charge in [-0.3, -0.25) is 9.59 Å². The van der Waals surface area contributed by atoms with Gasteiger partial charge in [0.15, 0.2) is 0 Å². The first kappa shape index (κ1) is 18.6. The fourth-order valence-corrected chi connectivity index (χ4v) is 3.75. The van der Waals surface area contributed by atoms with Gasteiger partial charge in [-0.15, -0.1) is 0 Å². The molecule has 0 saturated carbocycles. The molecule has 1 fully saturated rings. The fourth-order valence-electron chi connectivity index (χ4n) is 3.75. The molecular formula is C20H26FN3O2. The molecule has 3 rings (SSSR count). The first-order valence-electron chi connectivity index (χ1n) is 9.25. The largest absolute Gasteiger partial charge is 0.352 e. The van der Waals surface area contributed by atoms with Crippen LogP contribution in [-0.2, 0) is 0 Å². The number of amides is 1. The summed E-state index contributed by atoms with van der Waals surface area (Å²) in [5, 5.41) is 3.51. The molecule has 2 aromatic rings. The molecule has 1 atom stereocenters. The van der Waals surface area contributed by atoms with Crippen molar-refractivity contribution in [1.82, 2.24) is 15.2 Å². The van der Waals surface area contributed by atoms with Crippen molar-refractivity contribution in [2.24, 2.45) is 11.8 Å². The molecule has 1 aromatic heterocycles. The van der Waals surface area contributed by atoms with Crippen LogP contribution in [0.1, 0.15) is 37.0 Å². The lowest BCUT2D eigenvalue weighted by Gasteiger charge is -2.33. The molecule has 26 heavy (non-hydrogen) atoms. The molecule has 1 unspecified atom stereocenters. The molecule has 0 spiro atoms. The van der Waals surface area contributed by atoms with Crippen molar-refractivity contribution in [3.05, 3.63) is 46.0 Å². The van der Waals surface area contributed by atoms with Crippen molar-refractivity contribution in [1.29, 1.82) is 0 Å². The number of carbonyl (C=O) groups excluding carboxylic acids is 1. The van der Waals surface area contributed by atoms with Crippen molar-refractivity contribution < 1.29 is 9.18 Å². The van der Waals surface area contributed by atoms with E-state index >= 15 is 0 Å². The Bertz CT molecular complexity index is 847. The fraction of sp³-hybridized carbons (Fsp3) is 0.500. The number of halogens is 1. The van der Waals surface area contributed by atoms with Gasteiger partial charge in [0.05, 0.1) is 11.1 Å². The standard InChI is InChI=1S/C20H26FN3O2/c1-13(2)11-24-7-3-4-14(12-24)10-22-20(26)17-9-19(25)23-18-8-15(21)5-6-16(17)18/h5-6,8-9,13-14H,3-4,7,10-12H2,1-2H3,(H,22,26)(H,23,25). The molecule has 5 nitrogen and oxygen atoms in total. The maximum atomic E-state index is 13.4. The van der Waals surface area contributed by atoms with E-state index in [9.17, 15) is 14.0 Å². The number of benzene rings is 1. The van der Waals surface area contributed by atoms with Gasteiger partial charge in [0.2, 0.25) is 5.56 Å². The first-order valence-corrected chi connectivity index (χ1v) is 9.25. The smallest absolute Gasteiger partial charge is 0.252 e. The van der Waals surface area contributed by atoms with Crippen LogP contribution in [0, 0.1) is 17.7 Å². The van der Waals surface area contributed by atoms with E-state index in [1.807, 2.05) is 0 Å². The third kappa shape index (κ3) is 4.49. The van der Waals surface area contributed by atoms with Crippen LogP contribution in [0.25, 0.3) is 10.9 Å². The molecule has 1 amide bonds. The molecule has 2 N–H and O–H groups in total. The second-order valence-electron chi connectivity index (χ2n) is 7.61. The number of pyridine rings is 1. The molecular weight excluding hydrogens is 333 g/mol. The zero-order valence-corrected chi connectivity index (χ0v) is 15.3. The summed E-state index contributed by atoms with van der Waals surface area (Å²) in [6.07, 6.45) is 2.23. The minimum Gasteiger partial charge on any atom is -0.352 e. The molecule has 6 heteroatoms. The van der Waals surface area contributed by atoms with Gasteiger partial charge in [-0.2, -0.15) is 0 Å². The first-order chi connectivity index (χ1) is 12.4. The van der Waals surface area contributed by atoms with E-state index in [4.69, 9.17) is 0 Å². The van der Waals surface area contributed by atoms with Crippen molar-refractivity contribution in [3.8, 4) is 0 Å². The number of fused-ring (bicyclic) bond motifs is 1. The predicted octanol–water partition coefficient (Wildman–Crippen LogP) is 2.77. The molecule has 0 aliphatic carbocycles. The summed E-state index contributed by atoms with van der Waals surface area (Å²) in [7, 11) is 0. The molecule has 0 radical (unpaired) electrons. The molecule has 1 aromatic carbocycles. The Labute approximate surface area is 152 Å². The lowest BCUT2D eigenvalue weighted by molar-refractivity contribution is 0.0930. The number of rotatable bonds is 5. The zero-order chi connectivity index (χ0) is 18.7. The highest BCUT2D eigenvalue weighted by Crippen LogP contribution is 2.19. The predicted molar refractivity (Wildman–Crippen MR) is 101 cm³/mol. The molecule has 140 valence electrons. The molecule has 0 bridgehead atoms.